The first kappa shape index (κ1) is 24.4. The van der Waals surface area contributed by atoms with Crippen LogP contribution in [0.4, 0.5) is 5.82 Å². The minimum atomic E-state index is -1.34. The van der Waals surface area contributed by atoms with Gasteiger partial charge in [0.1, 0.15) is 18.3 Å². The third kappa shape index (κ3) is 5.74. The Morgan fingerprint density at radius 2 is 2.00 bits per heavy atom. The zero-order chi connectivity index (χ0) is 23.1. The van der Waals surface area contributed by atoms with Crippen LogP contribution in [0.25, 0.3) is 11.2 Å². The Balaban J connectivity index is 1.89. The Morgan fingerprint density at radius 1 is 1.19 bits per heavy atom. The molecule has 12 heteroatoms. The summed E-state index contributed by atoms with van der Waals surface area (Å²) in [5.41, 5.74) is 0.810. The molecule has 0 radical (unpaired) electrons. The predicted molar refractivity (Wildman–Crippen MR) is 119 cm³/mol. The fourth-order valence-corrected chi connectivity index (χ4v) is 4.04. The van der Waals surface area contributed by atoms with Gasteiger partial charge in [0, 0.05) is 18.4 Å². The summed E-state index contributed by atoms with van der Waals surface area (Å²) in [6.07, 6.45) is 2.72. The molecule has 1 aliphatic rings. The lowest BCUT2D eigenvalue weighted by Gasteiger charge is -2.15. The highest BCUT2D eigenvalue weighted by atomic mass is 32.2. The number of aliphatic carboxylic acids is 1. The molecule has 11 nitrogen and oxygen atoms in total. The number of rotatable bonds is 12. The second kappa shape index (κ2) is 11.5. The number of aliphatic hydroxyl groups is 2. The highest BCUT2D eigenvalue weighted by Crippen LogP contribution is 2.33. The van der Waals surface area contributed by atoms with Crippen molar-refractivity contribution in [3.63, 3.8) is 0 Å². The molecular formula is C20H30N6O5S. The summed E-state index contributed by atoms with van der Waals surface area (Å²) in [6, 6.07) is 0. The van der Waals surface area contributed by atoms with Crippen molar-refractivity contribution < 1.29 is 24.9 Å². The molecule has 0 unspecified atom stereocenters. The van der Waals surface area contributed by atoms with Crippen LogP contribution in [0.1, 0.15) is 52.2 Å². The van der Waals surface area contributed by atoms with E-state index in [1.165, 1.54) is 28.9 Å². The van der Waals surface area contributed by atoms with Crippen LogP contribution in [0, 0.1) is 0 Å². The van der Waals surface area contributed by atoms with Gasteiger partial charge in [0.15, 0.2) is 28.4 Å². The molecule has 1 aliphatic heterocycles. The zero-order valence-electron chi connectivity index (χ0n) is 18.2. The number of aliphatic hydroxyl groups excluding tert-OH is 2. The molecule has 1 saturated heterocycles. The van der Waals surface area contributed by atoms with E-state index in [2.05, 4.69) is 39.4 Å². The molecule has 0 aliphatic carbocycles. The van der Waals surface area contributed by atoms with E-state index in [0.717, 1.165) is 44.1 Å². The Hall–Kier alpha value is -2.28. The monoisotopic (exact) mass is 466 g/mol. The smallest absolute Gasteiger partial charge is 0.328 e. The molecule has 2 aromatic heterocycles. The van der Waals surface area contributed by atoms with Crippen LogP contribution < -0.4 is 5.32 Å². The second-order valence-corrected chi connectivity index (χ2v) is 8.63. The first-order chi connectivity index (χ1) is 15.5. The lowest BCUT2D eigenvalue weighted by Crippen LogP contribution is -2.31. The quantitative estimate of drug-likeness (QED) is 0.157. The number of hydrogen-bond donors (Lipinski definition) is 4. The number of ether oxygens (including phenoxy) is 1. The normalized spacial score (nSPS) is 23.4. The molecule has 176 valence electrons. The lowest BCUT2D eigenvalue weighted by molar-refractivity contribution is -0.131. The van der Waals surface area contributed by atoms with Gasteiger partial charge in [-0.1, -0.05) is 50.1 Å². The number of thioether (sulfide) groups is 1. The maximum atomic E-state index is 10.8. The van der Waals surface area contributed by atoms with Crippen molar-refractivity contribution in [3.05, 3.63) is 12.2 Å². The molecule has 1 fully saturated rings. The summed E-state index contributed by atoms with van der Waals surface area (Å²) in [5.74, 6) is 0.225. The van der Waals surface area contributed by atoms with Crippen molar-refractivity contribution in [1.82, 2.24) is 25.0 Å². The van der Waals surface area contributed by atoms with E-state index in [1.807, 2.05) is 0 Å². The topological polar surface area (TPSA) is 156 Å². The van der Waals surface area contributed by atoms with E-state index in [0.29, 0.717) is 22.1 Å². The average molecular weight is 467 g/mol. The number of carboxylic acid groups (broad SMARTS) is 1. The van der Waals surface area contributed by atoms with Gasteiger partial charge >= 0.3 is 5.97 Å². The molecule has 0 spiro atoms. The average Bonchev–Trinajstić information content (AvgIpc) is 3.31. The second-order valence-electron chi connectivity index (χ2n) is 7.57. The number of carbonyl (C=O) groups is 1. The largest absolute Gasteiger partial charge is 0.478 e. The molecule has 0 saturated carbocycles. The molecule has 0 bridgehead atoms. The minimum Gasteiger partial charge on any atom is -0.478 e. The van der Waals surface area contributed by atoms with Crippen molar-refractivity contribution in [2.75, 3.05) is 17.6 Å². The lowest BCUT2D eigenvalue weighted by atomic mass is 10.1. The highest BCUT2D eigenvalue weighted by molar-refractivity contribution is 7.99. The number of fused-ring (bicyclic) bond motifs is 1. The molecule has 0 amide bonds. The molecule has 4 N–H and O–H groups in total. The number of carboxylic acids is 1. The molecule has 2 aromatic rings. The van der Waals surface area contributed by atoms with Crippen molar-refractivity contribution in [1.29, 1.82) is 0 Å². The van der Waals surface area contributed by atoms with Crippen LogP contribution in [-0.4, -0.2) is 76.9 Å². The van der Waals surface area contributed by atoms with Gasteiger partial charge < -0.3 is 25.4 Å². The molecule has 3 rings (SSSR count). The van der Waals surface area contributed by atoms with Gasteiger partial charge in [0.2, 0.25) is 0 Å². The maximum absolute atomic E-state index is 10.8. The Kier molecular flexibility index (Phi) is 8.79. The number of aromatic nitrogens is 5. The first-order valence-corrected chi connectivity index (χ1v) is 11.9. The van der Waals surface area contributed by atoms with Crippen LogP contribution in [-0.2, 0) is 9.53 Å². The Labute approximate surface area is 190 Å². The summed E-state index contributed by atoms with van der Waals surface area (Å²) in [5, 5.41) is 41.8. The van der Waals surface area contributed by atoms with Crippen LogP contribution in [0.2, 0.25) is 0 Å². The summed E-state index contributed by atoms with van der Waals surface area (Å²) in [7, 11) is 0. The fraction of sp³-hybridized carbons (Fsp3) is 0.650. The van der Waals surface area contributed by atoms with E-state index in [1.54, 1.807) is 0 Å². The van der Waals surface area contributed by atoms with E-state index >= 15 is 0 Å². The van der Waals surface area contributed by atoms with Crippen LogP contribution >= 0.6 is 11.8 Å². The first-order valence-electron chi connectivity index (χ1n) is 10.9. The molecule has 4 atom stereocenters. The van der Waals surface area contributed by atoms with Crippen molar-refractivity contribution >= 4 is 34.7 Å². The highest BCUT2D eigenvalue weighted by Gasteiger charge is 2.44. The van der Waals surface area contributed by atoms with Crippen molar-refractivity contribution in [2.24, 2.45) is 0 Å². The number of anilines is 1. The SMILES string of the molecule is CCCCCCNc1nc(SCCC)nc2c1nnn2[C@@H]1O[C@H](/C=C/C(=O)O)[C@@H](O)[C@H]1O. The van der Waals surface area contributed by atoms with Crippen LogP contribution in [0.15, 0.2) is 17.3 Å². The third-order valence-electron chi connectivity index (χ3n) is 5.01. The third-order valence-corrected chi connectivity index (χ3v) is 6.06. The van der Waals surface area contributed by atoms with E-state index in [9.17, 15) is 15.0 Å². The molecule has 0 aromatic carbocycles. The fourth-order valence-electron chi connectivity index (χ4n) is 3.34. The summed E-state index contributed by atoms with van der Waals surface area (Å²) in [6.45, 7) is 4.97. The molecule has 32 heavy (non-hydrogen) atoms. The number of hydrogen-bond acceptors (Lipinski definition) is 10. The van der Waals surface area contributed by atoms with E-state index in [-0.39, 0.29) is 0 Å². The number of nitrogens with zero attached hydrogens (tertiary/aromatic N) is 5. The standard InChI is InChI=1S/C20H30N6O5S/c1-3-5-6-7-10-21-17-14-18(23-20(22-17)32-11-4-2)26(25-24-14)19-16(30)15(29)12(31-19)8-9-13(27)28/h8-9,12,15-16,19,29-30H,3-7,10-11H2,1-2H3,(H,27,28)(H,21,22,23)/b9-8+/t12-,15-,16-,19-/m1/s1. The molecular weight excluding hydrogens is 436 g/mol. The van der Waals surface area contributed by atoms with Crippen molar-refractivity contribution in [2.45, 2.75) is 75.6 Å². The Bertz CT molecular complexity index is 939. The maximum Gasteiger partial charge on any atom is 0.328 e. The van der Waals surface area contributed by atoms with Gasteiger partial charge in [-0.05, 0) is 18.9 Å². The number of unbranched alkanes of at least 4 members (excludes halogenated alkanes) is 3. The van der Waals surface area contributed by atoms with Crippen LogP contribution in [0.5, 0.6) is 0 Å². The summed E-state index contributed by atoms with van der Waals surface area (Å²) >= 11 is 1.50. The Morgan fingerprint density at radius 3 is 2.72 bits per heavy atom. The summed E-state index contributed by atoms with van der Waals surface area (Å²) in [4.78, 5) is 19.9. The van der Waals surface area contributed by atoms with Crippen molar-refractivity contribution in [3.8, 4) is 0 Å². The summed E-state index contributed by atoms with van der Waals surface area (Å²) < 4.78 is 7.02. The van der Waals surface area contributed by atoms with Gasteiger partial charge in [-0.15, -0.1) is 5.10 Å². The minimum absolute atomic E-state index is 0.369. The number of nitrogens with one attached hydrogen (secondary N) is 1. The van der Waals surface area contributed by atoms with Gasteiger partial charge in [-0.3, -0.25) is 0 Å². The van der Waals surface area contributed by atoms with E-state index < -0.39 is 30.5 Å². The van der Waals surface area contributed by atoms with Crippen LogP contribution in [0.3, 0.4) is 0 Å². The van der Waals surface area contributed by atoms with Gasteiger partial charge in [-0.2, -0.15) is 4.68 Å². The van der Waals surface area contributed by atoms with E-state index in [4.69, 9.17) is 9.84 Å². The van der Waals surface area contributed by atoms with Gasteiger partial charge in [0.05, 0.1) is 0 Å². The van der Waals surface area contributed by atoms with Gasteiger partial charge in [0.25, 0.3) is 0 Å². The molecule has 3 heterocycles. The predicted octanol–water partition coefficient (Wildman–Crippen LogP) is 1.98. The van der Waals surface area contributed by atoms with Gasteiger partial charge in [-0.25, -0.2) is 14.8 Å². The zero-order valence-corrected chi connectivity index (χ0v) is 19.0.